The maximum Gasteiger partial charge on any atom is 0.307 e. The number of carbonyl (C=O) groups excluding carboxylic acids is 1. The van der Waals surface area contributed by atoms with Crippen LogP contribution in [0.15, 0.2) is 18.2 Å². The molecule has 0 atom stereocenters. The Balaban J connectivity index is 2.35. The number of fused-ring (bicyclic) bond motifs is 1. The summed E-state index contributed by atoms with van der Waals surface area (Å²) < 4.78 is 35.4. The van der Waals surface area contributed by atoms with E-state index >= 15 is 0 Å². The SMILES string of the molecule is CC(F)(F)C(=O)c1ccc2c(c1)OCO2. The van der Waals surface area contributed by atoms with E-state index in [1.165, 1.54) is 18.2 Å². The maximum atomic E-state index is 12.7. The standard InChI is InChI=1S/C10H8F2O3/c1-10(11,12)9(13)6-2-3-7-8(4-6)15-5-14-7/h2-4H,5H2,1H3. The molecule has 1 heterocycles. The minimum atomic E-state index is -3.37. The van der Waals surface area contributed by atoms with Crippen molar-refractivity contribution in [3.05, 3.63) is 23.8 Å². The molecule has 0 spiro atoms. The number of carbonyl (C=O) groups is 1. The lowest BCUT2D eigenvalue weighted by Gasteiger charge is -2.08. The lowest BCUT2D eigenvalue weighted by molar-refractivity contribution is 0.0221. The molecule has 3 nitrogen and oxygen atoms in total. The number of benzene rings is 1. The van der Waals surface area contributed by atoms with E-state index in [4.69, 9.17) is 9.47 Å². The molecule has 1 aliphatic heterocycles. The van der Waals surface area contributed by atoms with Crippen LogP contribution in [0.25, 0.3) is 0 Å². The van der Waals surface area contributed by atoms with Crippen molar-refractivity contribution in [3.8, 4) is 11.5 Å². The van der Waals surface area contributed by atoms with Crippen LogP contribution in [-0.2, 0) is 0 Å². The summed E-state index contributed by atoms with van der Waals surface area (Å²) in [5.41, 5.74) is -0.0771. The minimum absolute atomic E-state index is 0.0511. The Morgan fingerprint density at radius 3 is 2.67 bits per heavy atom. The van der Waals surface area contributed by atoms with Gasteiger partial charge >= 0.3 is 5.92 Å². The van der Waals surface area contributed by atoms with Crippen LogP contribution in [0.2, 0.25) is 0 Å². The highest BCUT2D eigenvalue weighted by atomic mass is 19.3. The largest absolute Gasteiger partial charge is 0.454 e. The monoisotopic (exact) mass is 214 g/mol. The second-order valence-corrected chi connectivity index (χ2v) is 3.29. The van der Waals surface area contributed by atoms with Crippen molar-refractivity contribution >= 4 is 5.78 Å². The van der Waals surface area contributed by atoms with Gasteiger partial charge in [-0.1, -0.05) is 0 Å². The van der Waals surface area contributed by atoms with Crippen LogP contribution in [0.1, 0.15) is 17.3 Å². The molecule has 0 aliphatic carbocycles. The molecule has 0 bridgehead atoms. The van der Waals surface area contributed by atoms with E-state index in [9.17, 15) is 13.6 Å². The molecule has 5 heteroatoms. The van der Waals surface area contributed by atoms with E-state index in [0.717, 1.165) is 0 Å². The van der Waals surface area contributed by atoms with Gasteiger partial charge in [-0.25, -0.2) is 0 Å². The quantitative estimate of drug-likeness (QED) is 0.708. The first-order valence-corrected chi connectivity index (χ1v) is 4.31. The van der Waals surface area contributed by atoms with Gasteiger partial charge in [0.05, 0.1) is 0 Å². The molecule has 0 aromatic heterocycles. The topological polar surface area (TPSA) is 35.5 Å². The van der Waals surface area contributed by atoms with Crippen molar-refractivity contribution in [2.45, 2.75) is 12.8 Å². The van der Waals surface area contributed by atoms with Gasteiger partial charge in [-0.2, -0.15) is 8.78 Å². The zero-order chi connectivity index (χ0) is 11.1. The Morgan fingerprint density at radius 2 is 2.00 bits per heavy atom. The molecular weight excluding hydrogens is 206 g/mol. The molecule has 1 aliphatic rings. The first-order chi connectivity index (χ1) is 6.98. The Bertz CT molecular complexity index is 410. The Morgan fingerprint density at radius 1 is 1.33 bits per heavy atom. The van der Waals surface area contributed by atoms with E-state index in [1.54, 1.807) is 0 Å². The number of ketones is 1. The summed E-state index contributed by atoms with van der Waals surface area (Å²) in [5.74, 6) is -3.80. The second kappa shape index (κ2) is 3.18. The van der Waals surface area contributed by atoms with Gasteiger partial charge in [0.15, 0.2) is 11.5 Å². The molecule has 80 valence electrons. The van der Waals surface area contributed by atoms with E-state index in [1.807, 2.05) is 0 Å². The summed E-state index contributed by atoms with van der Waals surface area (Å²) in [5, 5.41) is 0. The highest BCUT2D eigenvalue weighted by Crippen LogP contribution is 2.33. The number of hydrogen-bond donors (Lipinski definition) is 0. The number of alkyl halides is 2. The molecule has 2 rings (SSSR count). The lowest BCUT2D eigenvalue weighted by atomic mass is 10.1. The van der Waals surface area contributed by atoms with Gasteiger partial charge in [0.25, 0.3) is 0 Å². The summed E-state index contributed by atoms with van der Waals surface area (Å²) >= 11 is 0. The van der Waals surface area contributed by atoms with Gasteiger partial charge in [-0.05, 0) is 18.2 Å². The van der Waals surface area contributed by atoms with Crippen molar-refractivity contribution in [1.29, 1.82) is 0 Å². The average Bonchev–Trinajstić information content (AvgIpc) is 2.61. The zero-order valence-electron chi connectivity index (χ0n) is 7.92. The van der Waals surface area contributed by atoms with Crippen LogP contribution >= 0.6 is 0 Å². The average molecular weight is 214 g/mol. The number of rotatable bonds is 2. The first kappa shape index (κ1) is 9.89. The third-order valence-corrected chi connectivity index (χ3v) is 2.03. The fourth-order valence-corrected chi connectivity index (χ4v) is 1.29. The maximum absolute atomic E-state index is 12.7. The van der Waals surface area contributed by atoms with Crippen LogP contribution in [0.3, 0.4) is 0 Å². The summed E-state index contributed by atoms with van der Waals surface area (Å²) in [6, 6.07) is 4.01. The van der Waals surface area contributed by atoms with Crippen molar-refractivity contribution in [3.63, 3.8) is 0 Å². The molecular formula is C10H8F2O3. The summed E-state index contributed by atoms with van der Waals surface area (Å²) in [6.45, 7) is 0.620. The first-order valence-electron chi connectivity index (χ1n) is 4.31. The Kier molecular flexibility index (Phi) is 2.10. The third-order valence-electron chi connectivity index (χ3n) is 2.03. The van der Waals surface area contributed by atoms with Crippen molar-refractivity contribution in [2.75, 3.05) is 6.79 Å². The number of ether oxygens (including phenoxy) is 2. The van der Waals surface area contributed by atoms with Gasteiger partial charge in [-0.3, -0.25) is 4.79 Å². The van der Waals surface area contributed by atoms with Gasteiger partial charge in [-0.15, -0.1) is 0 Å². The smallest absolute Gasteiger partial charge is 0.307 e. The van der Waals surface area contributed by atoms with E-state index < -0.39 is 11.7 Å². The van der Waals surface area contributed by atoms with Crippen LogP contribution in [-0.4, -0.2) is 18.5 Å². The lowest BCUT2D eigenvalue weighted by Crippen LogP contribution is -2.24. The zero-order valence-corrected chi connectivity index (χ0v) is 7.92. The summed E-state index contributed by atoms with van der Waals surface area (Å²) in [7, 11) is 0. The number of hydrogen-bond acceptors (Lipinski definition) is 3. The summed E-state index contributed by atoms with van der Waals surface area (Å²) in [4.78, 5) is 11.2. The fraction of sp³-hybridized carbons (Fsp3) is 0.300. The minimum Gasteiger partial charge on any atom is -0.454 e. The number of halogens is 2. The third kappa shape index (κ3) is 1.77. The molecule has 15 heavy (non-hydrogen) atoms. The Labute approximate surface area is 84.6 Å². The molecule has 0 saturated heterocycles. The molecule has 0 saturated carbocycles. The van der Waals surface area contributed by atoms with Crippen molar-refractivity contribution < 1.29 is 23.0 Å². The van der Waals surface area contributed by atoms with Crippen molar-refractivity contribution in [1.82, 2.24) is 0 Å². The molecule has 1 aromatic rings. The van der Waals surface area contributed by atoms with E-state index in [0.29, 0.717) is 18.4 Å². The fourth-order valence-electron chi connectivity index (χ4n) is 1.29. The van der Waals surface area contributed by atoms with E-state index in [-0.39, 0.29) is 12.4 Å². The molecule has 0 amide bonds. The molecule has 1 aromatic carbocycles. The van der Waals surface area contributed by atoms with Gasteiger partial charge in [0, 0.05) is 12.5 Å². The Hall–Kier alpha value is -1.65. The van der Waals surface area contributed by atoms with Gasteiger partial charge < -0.3 is 9.47 Å². The second-order valence-electron chi connectivity index (χ2n) is 3.29. The van der Waals surface area contributed by atoms with Crippen LogP contribution < -0.4 is 9.47 Å². The summed E-state index contributed by atoms with van der Waals surface area (Å²) in [6.07, 6.45) is 0. The van der Waals surface area contributed by atoms with Crippen LogP contribution in [0.4, 0.5) is 8.78 Å². The normalized spacial score (nSPS) is 14.1. The molecule has 0 unspecified atom stereocenters. The van der Waals surface area contributed by atoms with Crippen LogP contribution in [0.5, 0.6) is 11.5 Å². The van der Waals surface area contributed by atoms with Crippen LogP contribution in [0, 0.1) is 0 Å². The highest BCUT2D eigenvalue weighted by Gasteiger charge is 2.33. The van der Waals surface area contributed by atoms with Gasteiger partial charge in [0.2, 0.25) is 12.6 Å². The predicted molar refractivity (Wildman–Crippen MR) is 47.5 cm³/mol. The molecule has 0 radical (unpaired) electrons. The van der Waals surface area contributed by atoms with Crippen molar-refractivity contribution in [2.24, 2.45) is 0 Å². The molecule has 0 N–H and O–H groups in total. The predicted octanol–water partition coefficient (Wildman–Crippen LogP) is 2.25. The molecule has 0 fully saturated rings. The van der Waals surface area contributed by atoms with Gasteiger partial charge in [0.1, 0.15) is 0 Å². The van der Waals surface area contributed by atoms with E-state index in [2.05, 4.69) is 0 Å². The number of Topliss-reactive ketones (excluding diaryl/α,β-unsaturated/α-hetero) is 1. The highest BCUT2D eigenvalue weighted by molar-refractivity contribution is 6.01.